The van der Waals surface area contributed by atoms with E-state index in [1.165, 1.54) is 4.90 Å². The van der Waals surface area contributed by atoms with Crippen molar-refractivity contribution in [1.82, 2.24) is 0 Å². The zero-order chi connectivity index (χ0) is 14.2. The van der Waals surface area contributed by atoms with Crippen LogP contribution in [0.2, 0.25) is 0 Å². The Labute approximate surface area is 118 Å². The smallest absolute Gasteiger partial charge is 0.307 e. The van der Waals surface area contributed by atoms with Crippen LogP contribution in [-0.4, -0.2) is 31.2 Å². The number of anilines is 1. The van der Waals surface area contributed by atoms with Gasteiger partial charge in [-0.2, -0.15) is 8.42 Å². The molecule has 1 unspecified atom stereocenters. The van der Waals surface area contributed by atoms with Gasteiger partial charge in [0.2, 0.25) is 5.91 Å². The summed E-state index contributed by atoms with van der Waals surface area (Å²) < 4.78 is 35.4. The first-order valence-corrected chi connectivity index (χ1v) is 7.70. The van der Waals surface area contributed by atoms with E-state index in [9.17, 15) is 22.2 Å². The van der Waals surface area contributed by atoms with Gasteiger partial charge in [-0.3, -0.25) is 4.79 Å². The summed E-state index contributed by atoms with van der Waals surface area (Å²) in [6.07, 6.45) is -0.379. The van der Waals surface area contributed by atoms with Gasteiger partial charge in [0, 0.05) is 23.0 Å². The molecule has 0 aliphatic carbocycles. The van der Waals surface area contributed by atoms with E-state index in [1.54, 1.807) is 18.2 Å². The molecule has 19 heavy (non-hydrogen) atoms. The highest BCUT2D eigenvalue weighted by molar-refractivity contribution is 9.10. The fourth-order valence-corrected chi connectivity index (χ4v) is 3.04. The summed E-state index contributed by atoms with van der Waals surface area (Å²) in [7, 11) is -4.74. The van der Waals surface area contributed by atoms with Crippen LogP contribution < -0.4 is 4.90 Å². The largest absolute Gasteiger partial charge is 0.392 e. The minimum Gasteiger partial charge on any atom is -0.392 e. The van der Waals surface area contributed by atoms with Gasteiger partial charge in [0.1, 0.15) is 5.25 Å². The number of benzene rings is 1. The van der Waals surface area contributed by atoms with Gasteiger partial charge in [0.25, 0.3) is 0 Å². The molecule has 1 heterocycles. The Hall–Kier alpha value is -0.990. The highest BCUT2D eigenvalue weighted by Gasteiger charge is 2.39. The third-order valence-electron chi connectivity index (χ3n) is 3.00. The van der Waals surface area contributed by atoms with Crippen molar-refractivity contribution in [2.75, 3.05) is 11.4 Å². The summed E-state index contributed by atoms with van der Waals surface area (Å²) in [5.74, 6) is -0.473. The van der Waals surface area contributed by atoms with Crippen LogP contribution in [0.1, 0.15) is 12.0 Å². The number of aliphatic hydroxyl groups excluding tert-OH is 1. The van der Waals surface area contributed by atoms with Crippen molar-refractivity contribution in [1.29, 1.82) is 0 Å². The Morgan fingerprint density at radius 1 is 1.47 bits per heavy atom. The maximum Gasteiger partial charge on any atom is 0.307 e. The summed E-state index contributed by atoms with van der Waals surface area (Å²) >= 11 is 3.24. The minimum absolute atomic E-state index is 0.235. The molecular weight excluding hydrogens is 341 g/mol. The van der Waals surface area contributed by atoms with E-state index < -0.39 is 21.4 Å². The number of halogens is 2. The van der Waals surface area contributed by atoms with Crippen LogP contribution in [-0.2, 0) is 21.6 Å². The van der Waals surface area contributed by atoms with Crippen LogP contribution in [0.5, 0.6) is 0 Å². The predicted molar refractivity (Wildman–Crippen MR) is 70.9 cm³/mol. The molecule has 1 atom stereocenters. The first kappa shape index (κ1) is 14.4. The lowest BCUT2D eigenvalue weighted by Gasteiger charge is -2.19. The third kappa shape index (κ3) is 2.96. The number of nitrogens with zero attached hydrogens (tertiary/aromatic N) is 1. The van der Waals surface area contributed by atoms with Gasteiger partial charge < -0.3 is 10.0 Å². The average Bonchev–Trinajstić information content (AvgIpc) is 2.71. The average molecular weight is 352 g/mol. The number of carbonyl (C=O) groups is 1. The van der Waals surface area contributed by atoms with E-state index in [-0.39, 0.29) is 19.6 Å². The second-order valence-corrected chi connectivity index (χ2v) is 6.77. The highest BCUT2D eigenvalue weighted by Crippen LogP contribution is 2.31. The first-order valence-electron chi connectivity index (χ1n) is 5.46. The molecule has 1 aromatic rings. The molecule has 1 amide bonds. The molecule has 0 saturated carbocycles. The predicted octanol–water partition coefficient (Wildman–Crippen LogP) is 1.35. The van der Waals surface area contributed by atoms with Crippen molar-refractivity contribution in [2.45, 2.75) is 18.3 Å². The molecule has 2 rings (SSSR count). The lowest BCUT2D eigenvalue weighted by molar-refractivity contribution is -0.117. The molecule has 1 N–H and O–H groups in total. The molecule has 1 fully saturated rings. The highest BCUT2D eigenvalue weighted by atomic mass is 79.9. The Morgan fingerprint density at radius 2 is 2.16 bits per heavy atom. The Bertz CT molecular complexity index is 619. The van der Waals surface area contributed by atoms with Crippen LogP contribution in [0.4, 0.5) is 9.57 Å². The van der Waals surface area contributed by atoms with Gasteiger partial charge in [-0.25, -0.2) is 0 Å². The van der Waals surface area contributed by atoms with Crippen molar-refractivity contribution >= 4 is 37.7 Å². The van der Waals surface area contributed by atoms with Gasteiger partial charge in [0.15, 0.2) is 0 Å². The SMILES string of the molecule is O=C1CC(S(=O)(=O)F)CN1c1cc(Br)ccc1CO. The van der Waals surface area contributed by atoms with Crippen LogP contribution in [0.3, 0.4) is 0 Å². The molecule has 8 heteroatoms. The Kier molecular flexibility index (Phi) is 3.93. The van der Waals surface area contributed by atoms with Gasteiger partial charge in [-0.15, -0.1) is 3.89 Å². The van der Waals surface area contributed by atoms with Crippen LogP contribution in [0.25, 0.3) is 0 Å². The molecular formula is C11H11BrFNO4S. The number of aliphatic hydroxyl groups is 1. The quantitative estimate of drug-likeness (QED) is 0.834. The molecule has 0 bridgehead atoms. The summed E-state index contributed by atoms with van der Waals surface area (Å²) in [5.41, 5.74) is 0.876. The minimum atomic E-state index is -4.74. The summed E-state index contributed by atoms with van der Waals surface area (Å²) in [5, 5.41) is 7.89. The van der Waals surface area contributed by atoms with Crippen molar-refractivity contribution in [3.8, 4) is 0 Å². The molecule has 1 saturated heterocycles. The van der Waals surface area contributed by atoms with Crippen molar-refractivity contribution in [3.05, 3.63) is 28.2 Å². The molecule has 1 aliphatic heterocycles. The summed E-state index contributed by atoms with van der Waals surface area (Å²) in [6.45, 7) is -0.527. The number of carbonyl (C=O) groups excluding carboxylic acids is 1. The number of hydrogen-bond acceptors (Lipinski definition) is 4. The molecule has 104 valence electrons. The van der Waals surface area contributed by atoms with Crippen molar-refractivity contribution < 1.29 is 22.2 Å². The van der Waals surface area contributed by atoms with Crippen molar-refractivity contribution in [2.24, 2.45) is 0 Å². The second-order valence-electron chi connectivity index (χ2n) is 4.24. The van der Waals surface area contributed by atoms with E-state index >= 15 is 0 Å². The van der Waals surface area contributed by atoms with E-state index in [1.807, 2.05) is 0 Å². The van der Waals surface area contributed by atoms with Crippen LogP contribution in [0, 0.1) is 0 Å². The van der Waals surface area contributed by atoms with Gasteiger partial charge in [0.05, 0.1) is 12.3 Å². The summed E-state index contributed by atoms with van der Waals surface area (Å²) in [6, 6.07) is 4.90. The maximum atomic E-state index is 13.0. The van der Waals surface area contributed by atoms with Gasteiger partial charge >= 0.3 is 10.2 Å². The fourth-order valence-electron chi connectivity index (χ4n) is 2.02. The molecule has 0 aromatic heterocycles. The standard InChI is InChI=1S/C11H11BrFNO4S/c12-8-2-1-7(6-15)10(3-8)14-5-9(4-11(14)16)19(13,17)18/h1-3,9,15H,4-6H2. The number of hydrogen-bond donors (Lipinski definition) is 1. The van der Waals surface area contributed by atoms with Gasteiger partial charge in [-0.05, 0) is 12.1 Å². The zero-order valence-electron chi connectivity index (χ0n) is 9.71. The molecule has 1 aromatic carbocycles. The monoisotopic (exact) mass is 351 g/mol. The van der Waals surface area contributed by atoms with E-state index in [2.05, 4.69) is 15.9 Å². The molecule has 5 nitrogen and oxygen atoms in total. The zero-order valence-corrected chi connectivity index (χ0v) is 12.1. The third-order valence-corrected chi connectivity index (χ3v) is 4.60. The van der Waals surface area contributed by atoms with Crippen molar-refractivity contribution in [3.63, 3.8) is 0 Å². The molecule has 0 radical (unpaired) electrons. The topological polar surface area (TPSA) is 74.7 Å². The number of amides is 1. The Balaban J connectivity index is 2.38. The van der Waals surface area contributed by atoms with E-state index in [0.29, 0.717) is 15.7 Å². The second kappa shape index (κ2) is 5.18. The Morgan fingerprint density at radius 3 is 2.68 bits per heavy atom. The summed E-state index contributed by atoms with van der Waals surface area (Å²) in [4.78, 5) is 13.0. The lowest BCUT2D eigenvalue weighted by Crippen LogP contribution is -2.27. The van der Waals surface area contributed by atoms with Crippen LogP contribution >= 0.6 is 15.9 Å². The van der Waals surface area contributed by atoms with Crippen LogP contribution in [0.15, 0.2) is 22.7 Å². The first-order chi connectivity index (χ1) is 8.82. The lowest BCUT2D eigenvalue weighted by atomic mass is 10.1. The van der Waals surface area contributed by atoms with E-state index in [0.717, 1.165) is 0 Å². The number of rotatable bonds is 3. The van der Waals surface area contributed by atoms with Gasteiger partial charge in [-0.1, -0.05) is 22.0 Å². The fraction of sp³-hybridized carbons (Fsp3) is 0.364. The maximum absolute atomic E-state index is 13.0. The molecule has 1 aliphatic rings. The molecule has 0 spiro atoms. The normalized spacial score (nSPS) is 20.1. The van der Waals surface area contributed by atoms with E-state index in [4.69, 9.17) is 0 Å².